The number of carbonyl (C=O) groups excluding carboxylic acids is 1. The number of nitrogens with zero attached hydrogens (tertiary/aromatic N) is 3. The summed E-state index contributed by atoms with van der Waals surface area (Å²) in [6.07, 6.45) is 1.54. The van der Waals surface area contributed by atoms with E-state index in [1.165, 1.54) is 22.7 Å². The Morgan fingerprint density at radius 2 is 2.04 bits per heavy atom. The zero-order chi connectivity index (χ0) is 16.1. The molecule has 0 bridgehead atoms. The van der Waals surface area contributed by atoms with Crippen LogP contribution in [0.2, 0.25) is 0 Å². The van der Waals surface area contributed by atoms with E-state index in [1.807, 2.05) is 30.3 Å². The van der Waals surface area contributed by atoms with Crippen molar-refractivity contribution in [1.29, 1.82) is 0 Å². The van der Waals surface area contributed by atoms with Crippen LogP contribution in [-0.4, -0.2) is 26.5 Å². The van der Waals surface area contributed by atoms with Crippen molar-refractivity contribution in [1.82, 2.24) is 20.2 Å². The number of nitrogen functional groups attached to an aromatic ring is 1. The topological polar surface area (TPSA) is 99.0 Å². The Bertz CT molecular complexity index is 771. The Hall–Kier alpha value is -2.74. The first-order valence-electron chi connectivity index (χ1n) is 6.92. The van der Waals surface area contributed by atoms with Crippen molar-refractivity contribution < 1.29 is 9.21 Å². The van der Waals surface area contributed by atoms with Crippen molar-refractivity contribution in [3.8, 4) is 11.6 Å². The highest BCUT2D eigenvalue weighted by Gasteiger charge is 2.15. The Kier molecular flexibility index (Phi) is 4.62. The summed E-state index contributed by atoms with van der Waals surface area (Å²) in [5, 5.41) is 11.2. The number of nitrogens with two attached hydrogens (primary N) is 1. The van der Waals surface area contributed by atoms with Crippen LogP contribution < -0.4 is 11.2 Å². The maximum atomic E-state index is 11.9. The van der Waals surface area contributed by atoms with Gasteiger partial charge in [-0.2, -0.15) is 0 Å². The monoisotopic (exact) mass is 329 g/mol. The molecular formula is C15H15N5O2S. The zero-order valence-electron chi connectivity index (χ0n) is 12.2. The molecule has 2 aromatic heterocycles. The number of aromatic nitrogens is 3. The summed E-state index contributed by atoms with van der Waals surface area (Å²) in [6.45, 7) is 0.493. The molecule has 3 N–H and O–H groups in total. The summed E-state index contributed by atoms with van der Waals surface area (Å²) in [5.41, 5.74) is 1.05. The van der Waals surface area contributed by atoms with E-state index in [0.29, 0.717) is 23.3 Å². The average molecular weight is 329 g/mol. The maximum absolute atomic E-state index is 11.9. The molecule has 3 aromatic rings. The lowest BCUT2D eigenvalue weighted by molar-refractivity contribution is -0.118. The van der Waals surface area contributed by atoms with E-state index in [2.05, 4.69) is 15.5 Å². The molecule has 0 aliphatic rings. The first-order chi connectivity index (χ1) is 11.2. The Morgan fingerprint density at radius 3 is 2.78 bits per heavy atom. The van der Waals surface area contributed by atoms with Crippen LogP contribution in [0.15, 0.2) is 58.3 Å². The first-order valence-corrected chi connectivity index (χ1v) is 7.90. The molecule has 0 saturated heterocycles. The molecule has 1 aromatic carbocycles. The minimum Gasteiger partial charge on any atom is -0.461 e. The lowest BCUT2D eigenvalue weighted by atomic mass is 10.2. The molecule has 0 atom stereocenters. The molecule has 23 heavy (non-hydrogen) atoms. The lowest BCUT2D eigenvalue weighted by Gasteiger charge is -2.05. The fourth-order valence-electron chi connectivity index (χ4n) is 1.93. The molecule has 8 heteroatoms. The van der Waals surface area contributed by atoms with Gasteiger partial charge in [-0.1, -0.05) is 42.1 Å². The van der Waals surface area contributed by atoms with E-state index < -0.39 is 0 Å². The van der Waals surface area contributed by atoms with Crippen molar-refractivity contribution >= 4 is 17.7 Å². The van der Waals surface area contributed by atoms with Gasteiger partial charge in [0.2, 0.25) is 16.9 Å². The van der Waals surface area contributed by atoms with Crippen molar-refractivity contribution in [3.05, 3.63) is 54.3 Å². The van der Waals surface area contributed by atoms with Gasteiger partial charge in [-0.15, -0.1) is 10.2 Å². The van der Waals surface area contributed by atoms with Gasteiger partial charge >= 0.3 is 0 Å². The van der Waals surface area contributed by atoms with Gasteiger partial charge in [0, 0.05) is 6.54 Å². The van der Waals surface area contributed by atoms with Crippen molar-refractivity contribution in [2.75, 3.05) is 11.6 Å². The summed E-state index contributed by atoms with van der Waals surface area (Å²) in [5.74, 6) is 6.98. The van der Waals surface area contributed by atoms with Crippen LogP contribution in [-0.2, 0) is 11.3 Å². The zero-order valence-corrected chi connectivity index (χ0v) is 13.0. The number of hydrogen-bond acceptors (Lipinski definition) is 6. The molecule has 0 radical (unpaired) electrons. The normalized spacial score (nSPS) is 10.6. The van der Waals surface area contributed by atoms with Crippen LogP contribution in [0, 0.1) is 0 Å². The molecule has 118 valence electrons. The number of furan rings is 1. The van der Waals surface area contributed by atoms with Gasteiger partial charge in [-0.25, -0.2) is 4.68 Å². The molecular weight excluding hydrogens is 314 g/mol. The van der Waals surface area contributed by atoms with E-state index in [4.69, 9.17) is 10.3 Å². The molecule has 3 rings (SSSR count). The summed E-state index contributed by atoms with van der Waals surface area (Å²) < 4.78 is 6.55. The third-order valence-corrected chi connectivity index (χ3v) is 4.01. The maximum Gasteiger partial charge on any atom is 0.230 e. The summed E-state index contributed by atoms with van der Waals surface area (Å²) in [4.78, 5) is 11.9. The predicted octanol–water partition coefficient (Wildman–Crippen LogP) is 1.66. The van der Waals surface area contributed by atoms with Crippen LogP contribution >= 0.6 is 11.8 Å². The van der Waals surface area contributed by atoms with Crippen LogP contribution in [0.5, 0.6) is 0 Å². The first kappa shape index (κ1) is 15.2. The largest absolute Gasteiger partial charge is 0.461 e. The number of hydrogen-bond donors (Lipinski definition) is 2. The summed E-state index contributed by atoms with van der Waals surface area (Å²) in [6, 6.07) is 13.2. The minimum atomic E-state index is -0.0959. The molecule has 1 amide bonds. The fourth-order valence-corrected chi connectivity index (χ4v) is 2.61. The highest BCUT2D eigenvalue weighted by Crippen LogP contribution is 2.21. The predicted molar refractivity (Wildman–Crippen MR) is 86.9 cm³/mol. The van der Waals surface area contributed by atoms with E-state index in [-0.39, 0.29) is 11.7 Å². The highest BCUT2D eigenvalue weighted by molar-refractivity contribution is 7.99. The van der Waals surface area contributed by atoms with E-state index in [0.717, 1.165) is 5.56 Å². The molecule has 0 fully saturated rings. The van der Waals surface area contributed by atoms with Gasteiger partial charge < -0.3 is 15.6 Å². The Labute approximate surface area is 136 Å². The smallest absolute Gasteiger partial charge is 0.230 e. The van der Waals surface area contributed by atoms with Gasteiger partial charge in [0.15, 0.2) is 5.76 Å². The molecule has 7 nitrogen and oxygen atoms in total. The van der Waals surface area contributed by atoms with Crippen molar-refractivity contribution in [2.45, 2.75) is 11.7 Å². The second kappa shape index (κ2) is 7.01. The quantitative estimate of drug-likeness (QED) is 0.527. The molecule has 0 aliphatic heterocycles. The number of rotatable bonds is 6. The van der Waals surface area contributed by atoms with Crippen LogP contribution in [0.3, 0.4) is 0 Å². The Balaban J connectivity index is 1.53. The molecule has 0 spiro atoms. The lowest BCUT2D eigenvalue weighted by Crippen LogP contribution is -2.25. The molecule has 2 heterocycles. The summed E-state index contributed by atoms with van der Waals surface area (Å²) in [7, 11) is 0. The van der Waals surface area contributed by atoms with Gasteiger partial charge in [-0.3, -0.25) is 4.79 Å². The second-order valence-electron chi connectivity index (χ2n) is 4.70. The van der Waals surface area contributed by atoms with Crippen molar-refractivity contribution in [2.24, 2.45) is 0 Å². The van der Waals surface area contributed by atoms with E-state index in [9.17, 15) is 4.79 Å². The molecule has 0 unspecified atom stereocenters. The van der Waals surface area contributed by atoms with Crippen LogP contribution in [0.4, 0.5) is 0 Å². The van der Waals surface area contributed by atoms with Crippen LogP contribution in [0.1, 0.15) is 5.56 Å². The van der Waals surface area contributed by atoms with Crippen molar-refractivity contribution in [3.63, 3.8) is 0 Å². The molecule has 0 aliphatic carbocycles. The SMILES string of the molecule is Nn1c(SCC(=O)NCc2ccccc2)nnc1-c1ccco1. The minimum absolute atomic E-state index is 0.0959. The van der Waals surface area contributed by atoms with E-state index in [1.54, 1.807) is 12.1 Å². The van der Waals surface area contributed by atoms with E-state index >= 15 is 0 Å². The summed E-state index contributed by atoms with van der Waals surface area (Å²) >= 11 is 1.22. The number of carbonyl (C=O) groups is 1. The third-order valence-electron chi connectivity index (χ3n) is 3.07. The van der Waals surface area contributed by atoms with Gasteiger partial charge in [0.25, 0.3) is 0 Å². The Morgan fingerprint density at radius 1 is 1.22 bits per heavy atom. The molecule has 0 saturated carbocycles. The third kappa shape index (κ3) is 3.72. The highest BCUT2D eigenvalue weighted by atomic mass is 32.2. The number of nitrogens with one attached hydrogen (secondary N) is 1. The second-order valence-corrected chi connectivity index (χ2v) is 5.65. The van der Waals surface area contributed by atoms with Gasteiger partial charge in [-0.05, 0) is 17.7 Å². The number of amides is 1. The standard InChI is InChI=1S/C15H15N5O2S/c16-20-14(12-7-4-8-22-12)18-19-15(20)23-10-13(21)17-9-11-5-2-1-3-6-11/h1-8H,9-10,16H2,(H,17,21). The average Bonchev–Trinajstić information content (AvgIpc) is 3.22. The fraction of sp³-hybridized carbons (Fsp3) is 0.133. The van der Waals surface area contributed by atoms with Crippen LogP contribution in [0.25, 0.3) is 11.6 Å². The number of thioether (sulfide) groups is 1. The van der Waals surface area contributed by atoms with Gasteiger partial charge in [0.05, 0.1) is 12.0 Å². The number of benzene rings is 1. The van der Waals surface area contributed by atoms with Gasteiger partial charge in [0.1, 0.15) is 0 Å².